The molecule has 0 saturated carbocycles. The molecule has 4 rings (SSSR count). The number of alkyl halides is 4. The van der Waals surface area contributed by atoms with Crippen molar-refractivity contribution in [3.8, 4) is 11.6 Å². The molecule has 0 bridgehead atoms. The van der Waals surface area contributed by atoms with Crippen molar-refractivity contribution in [2.75, 3.05) is 31.2 Å². The summed E-state index contributed by atoms with van der Waals surface area (Å²) in [6, 6.07) is 5.91. The predicted molar refractivity (Wildman–Crippen MR) is 133 cm³/mol. The van der Waals surface area contributed by atoms with E-state index in [-0.39, 0.29) is 55.7 Å². The van der Waals surface area contributed by atoms with Crippen molar-refractivity contribution < 1.29 is 31.5 Å². The van der Waals surface area contributed by atoms with Crippen LogP contribution in [-0.2, 0) is 6.18 Å². The maximum Gasteiger partial charge on any atom is 0.416 e. The molecular weight excluding hydrogens is 558 g/mol. The van der Waals surface area contributed by atoms with Crippen LogP contribution in [0.4, 0.5) is 39.4 Å². The van der Waals surface area contributed by atoms with Crippen LogP contribution in [0.3, 0.4) is 0 Å². The third kappa shape index (κ3) is 5.24. The van der Waals surface area contributed by atoms with Crippen molar-refractivity contribution in [2.45, 2.75) is 6.18 Å². The quantitative estimate of drug-likeness (QED) is 0.259. The number of benzene rings is 2. The molecular formula is C23H17Cl2F5N6O2. The third-order valence-electron chi connectivity index (χ3n) is 5.29. The fourth-order valence-electron chi connectivity index (χ4n) is 3.57. The van der Waals surface area contributed by atoms with Gasteiger partial charge in [-0.1, -0.05) is 23.2 Å². The molecule has 38 heavy (non-hydrogen) atoms. The van der Waals surface area contributed by atoms with Crippen LogP contribution in [0.2, 0.25) is 10.0 Å². The Morgan fingerprint density at radius 1 is 1.11 bits per heavy atom. The molecule has 15 heteroatoms. The van der Waals surface area contributed by atoms with E-state index in [2.05, 4.69) is 15.3 Å². The number of nitrogens with one attached hydrogen (secondary N) is 1. The first kappa shape index (κ1) is 27.2. The Morgan fingerprint density at radius 2 is 1.76 bits per heavy atom. The number of primary amides is 1. The first-order valence-corrected chi connectivity index (χ1v) is 11.3. The lowest BCUT2D eigenvalue weighted by molar-refractivity contribution is -0.137. The van der Waals surface area contributed by atoms with E-state index in [0.717, 1.165) is 28.8 Å². The number of carbonyl (C=O) groups excluding carboxylic acids is 1. The lowest BCUT2D eigenvalue weighted by Crippen LogP contribution is -2.16. The molecule has 0 aliphatic heterocycles. The van der Waals surface area contributed by atoms with E-state index < -0.39 is 30.3 Å². The Kier molecular flexibility index (Phi) is 7.26. The SMILES string of the molecule is CN(C)c1cc(C(F)(F)F)cc(-n2c(Nc3c(Cl)cc(F)cc3Cl)nc3cc(C(N)=O)c(OCF)cc32)n1. The van der Waals surface area contributed by atoms with Crippen LogP contribution < -0.4 is 20.7 Å². The molecule has 0 spiro atoms. The second-order valence-electron chi connectivity index (χ2n) is 8.06. The molecule has 0 saturated heterocycles. The van der Waals surface area contributed by atoms with E-state index in [1.807, 2.05) is 0 Å². The molecule has 0 aliphatic rings. The highest BCUT2D eigenvalue weighted by atomic mass is 35.5. The van der Waals surface area contributed by atoms with E-state index in [4.69, 9.17) is 33.7 Å². The minimum absolute atomic E-state index is 0.0125. The van der Waals surface area contributed by atoms with Gasteiger partial charge in [0.2, 0.25) is 12.8 Å². The van der Waals surface area contributed by atoms with E-state index >= 15 is 0 Å². The zero-order valence-electron chi connectivity index (χ0n) is 19.5. The lowest BCUT2D eigenvalue weighted by atomic mass is 10.1. The molecule has 4 aromatic rings. The number of pyridine rings is 1. The summed E-state index contributed by atoms with van der Waals surface area (Å²) in [4.78, 5) is 22.0. The molecule has 200 valence electrons. The minimum Gasteiger partial charge on any atom is -0.462 e. The van der Waals surface area contributed by atoms with Gasteiger partial charge >= 0.3 is 6.18 Å². The van der Waals surface area contributed by atoms with Gasteiger partial charge in [0.15, 0.2) is 0 Å². The zero-order chi connectivity index (χ0) is 27.9. The average molecular weight is 575 g/mol. The molecule has 3 N–H and O–H groups in total. The Hall–Kier alpha value is -3.84. The van der Waals surface area contributed by atoms with Gasteiger partial charge in [0.25, 0.3) is 5.91 Å². The fraction of sp³-hybridized carbons (Fsp3) is 0.174. The molecule has 0 radical (unpaired) electrons. The van der Waals surface area contributed by atoms with Crippen LogP contribution in [-0.4, -0.2) is 41.4 Å². The summed E-state index contributed by atoms with van der Waals surface area (Å²) in [5, 5.41) is 2.48. The summed E-state index contributed by atoms with van der Waals surface area (Å²) < 4.78 is 74.3. The third-order valence-corrected chi connectivity index (χ3v) is 5.88. The number of amides is 1. The summed E-state index contributed by atoms with van der Waals surface area (Å²) in [6.45, 7) is -1.32. The number of nitrogens with zero attached hydrogens (tertiary/aromatic N) is 4. The van der Waals surface area contributed by atoms with Crippen molar-refractivity contribution in [1.82, 2.24) is 14.5 Å². The summed E-state index contributed by atoms with van der Waals surface area (Å²) in [6.07, 6.45) is -4.74. The lowest BCUT2D eigenvalue weighted by Gasteiger charge is -2.18. The molecule has 0 aliphatic carbocycles. The van der Waals surface area contributed by atoms with Crippen molar-refractivity contribution in [1.29, 1.82) is 0 Å². The van der Waals surface area contributed by atoms with Crippen LogP contribution in [0.5, 0.6) is 5.75 Å². The number of imidazole rings is 1. The Morgan fingerprint density at radius 3 is 2.32 bits per heavy atom. The van der Waals surface area contributed by atoms with Crippen LogP contribution in [0.25, 0.3) is 16.9 Å². The monoisotopic (exact) mass is 574 g/mol. The first-order valence-electron chi connectivity index (χ1n) is 10.5. The van der Waals surface area contributed by atoms with Gasteiger partial charge in [-0.05, 0) is 30.3 Å². The van der Waals surface area contributed by atoms with E-state index in [9.17, 15) is 26.7 Å². The molecule has 0 atom stereocenters. The predicted octanol–water partition coefficient (Wildman–Crippen LogP) is 6.10. The number of ether oxygens (including phenoxy) is 1. The van der Waals surface area contributed by atoms with Crippen molar-refractivity contribution in [3.63, 3.8) is 0 Å². The maximum absolute atomic E-state index is 13.8. The van der Waals surface area contributed by atoms with E-state index in [1.165, 1.54) is 31.1 Å². The Labute approximate surface area is 221 Å². The van der Waals surface area contributed by atoms with Crippen LogP contribution in [0, 0.1) is 5.82 Å². The summed E-state index contributed by atoms with van der Waals surface area (Å²) in [5.74, 6) is -2.45. The van der Waals surface area contributed by atoms with Gasteiger partial charge in [0, 0.05) is 20.2 Å². The van der Waals surface area contributed by atoms with Gasteiger partial charge in [0.05, 0.1) is 37.9 Å². The molecule has 1 amide bonds. The van der Waals surface area contributed by atoms with Gasteiger partial charge < -0.3 is 20.7 Å². The molecule has 2 aromatic heterocycles. The summed E-state index contributed by atoms with van der Waals surface area (Å²) >= 11 is 12.3. The number of hydrogen-bond donors (Lipinski definition) is 2. The minimum atomic E-state index is -4.74. The summed E-state index contributed by atoms with van der Waals surface area (Å²) in [5.41, 5.74) is 4.23. The zero-order valence-corrected chi connectivity index (χ0v) is 21.0. The highest BCUT2D eigenvalue weighted by Gasteiger charge is 2.33. The van der Waals surface area contributed by atoms with Crippen LogP contribution in [0.15, 0.2) is 36.4 Å². The second-order valence-corrected chi connectivity index (χ2v) is 8.87. The highest BCUT2D eigenvalue weighted by Crippen LogP contribution is 2.38. The molecule has 0 fully saturated rings. The topological polar surface area (TPSA) is 98.3 Å². The van der Waals surface area contributed by atoms with Crippen LogP contribution >= 0.6 is 23.2 Å². The number of aromatic nitrogens is 3. The second kappa shape index (κ2) is 10.1. The molecule has 2 heterocycles. The van der Waals surface area contributed by atoms with E-state index in [1.54, 1.807) is 0 Å². The van der Waals surface area contributed by atoms with Gasteiger partial charge in [-0.2, -0.15) is 13.2 Å². The number of nitrogens with two attached hydrogens (primary N) is 1. The number of fused-ring (bicyclic) bond motifs is 1. The number of anilines is 3. The fourth-order valence-corrected chi connectivity index (χ4v) is 4.13. The van der Waals surface area contributed by atoms with Crippen LogP contribution in [0.1, 0.15) is 15.9 Å². The number of halogens is 7. The number of hydrogen-bond acceptors (Lipinski definition) is 6. The Balaban J connectivity index is 2.07. The summed E-state index contributed by atoms with van der Waals surface area (Å²) in [7, 11) is 3.00. The van der Waals surface area contributed by atoms with Crippen molar-refractivity contribution >= 4 is 57.6 Å². The Bertz CT molecular complexity index is 1530. The van der Waals surface area contributed by atoms with Gasteiger partial charge in [-0.15, -0.1) is 0 Å². The van der Waals surface area contributed by atoms with Crippen molar-refractivity contribution in [2.24, 2.45) is 5.73 Å². The van der Waals surface area contributed by atoms with Gasteiger partial charge in [-0.3, -0.25) is 9.36 Å². The smallest absolute Gasteiger partial charge is 0.416 e. The standard InChI is InChI=1S/C23H17Cl2F5N6O2/c1-35(2)18-3-10(23(28,29)30)4-19(33-18)36-16-8-17(38-9-26)12(21(31)37)7-15(16)32-22(36)34-20-13(24)5-11(27)6-14(20)25/h3-8H,9H2,1-2H3,(H2,31,37)(H,32,34). The van der Waals surface area contributed by atoms with E-state index in [0.29, 0.717) is 0 Å². The molecule has 0 unspecified atom stereocenters. The normalized spacial score (nSPS) is 11.6. The average Bonchev–Trinajstić information content (AvgIpc) is 3.17. The van der Waals surface area contributed by atoms with Gasteiger partial charge in [0.1, 0.15) is 23.2 Å². The number of rotatable bonds is 7. The molecule has 2 aromatic carbocycles. The van der Waals surface area contributed by atoms with Crippen molar-refractivity contribution in [3.05, 3.63) is 63.4 Å². The highest BCUT2D eigenvalue weighted by molar-refractivity contribution is 6.39. The maximum atomic E-state index is 13.8. The first-order chi connectivity index (χ1) is 17.8. The largest absolute Gasteiger partial charge is 0.462 e. The van der Waals surface area contributed by atoms with Gasteiger partial charge in [-0.25, -0.2) is 18.7 Å². The number of carbonyl (C=O) groups is 1. The molecule has 8 nitrogen and oxygen atoms in total.